The predicted molar refractivity (Wildman–Crippen MR) is 72.3 cm³/mol. The van der Waals surface area contributed by atoms with Crippen molar-refractivity contribution in [3.8, 4) is 0 Å². The molecule has 0 amide bonds. The lowest BCUT2D eigenvalue weighted by Gasteiger charge is -2.33. The molecule has 2 nitrogen and oxygen atoms in total. The average molecular weight is 268 g/mol. The van der Waals surface area contributed by atoms with Gasteiger partial charge in [-0.25, -0.2) is 8.78 Å². The Morgan fingerprint density at radius 3 is 2.37 bits per heavy atom. The third kappa shape index (κ3) is 3.12. The lowest BCUT2D eigenvalue weighted by atomic mass is 9.77. The fraction of sp³-hybridized carbons (Fsp3) is 0.600. The number of nitrogens with two attached hydrogens (primary N) is 1. The summed E-state index contributed by atoms with van der Waals surface area (Å²) in [6.07, 6.45) is 4.35. The van der Waals surface area contributed by atoms with Crippen molar-refractivity contribution in [1.82, 2.24) is 5.43 Å². The van der Waals surface area contributed by atoms with Crippen LogP contribution >= 0.6 is 0 Å². The first kappa shape index (κ1) is 14.4. The molecule has 1 aromatic carbocycles. The highest BCUT2D eigenvalue weighted by Crippen LogP contribution is 2.37. The second-order valence-electron chi connectivity index (χ2n) is 5.79. The van der Waals surface area contributed by atoms with Crippen molar-refractivity contribution < 1.29 is 8.78 Å². The van der Waals surface area contributed by atoms with Gasteiger partial charge in [-0.05, 0) is 43.2 Å². The number of nitrogens with one attached hydrogen (secondary N) is 1. The average Bonchev–Trinajstić information content (AvgIpc) is 2.38. The highest BCUT2D eigenvalue weighted by Gasteiger charge is 2.28. The number of hydrogen-bond donors (Lipinski definition) is 2. The molecule has 1 unspecified atom stereocenters. The van der Waals surface area contributed by atoms with E-state index < -0.39 is 11.6 Å². The molecule has 0 heterocycles. The molecule has 0 radical (unpaired) electrons. The number of benzene rings is 1. The van der Waals surface area contributed by atoms with Gasteiger partial charge in [-0.2, -0.15) is 0 Å². The molecule has 1 aliphatic rings. The van der Waals surface area contributed by atoms with E-state index in [0.717, 1.165) is 37.7 Å². The van der Waals surface area contributed by atoms with E-state index in [1.54, 1.807) is 13.0 Å². The molecule has 1 fully saturated rings. The first-order valence-electron chi connectivity index (χ1n) is 6.94. The Bertz CT molecular complexity index is 440. The van der Waals surface area contributed by atoms with Crippen molar-refractivity contribution >= 4 is 0 Å². The van der Waals surface area contributed by atoms with Crippen LogP contribution < -0.4 is 11.3 Å². The molecule has 106 valence electrons. The van der Waals surface area contributed by atoms with E-state index in [1.165, 1.54) is 0 Å². The van der Waals surface area contributed by atoms with E-state index in [4.69, 9.17) is 5.84 Å². The van der Waals surface area contributed by atoms with Crippen molar-refractivity contribution in [2.24, 2.45) is 17.7 Å². The van der Waals surface area contributed by atoms with Crippen molar-refractivity contribution in [3.63, 3.8) is 0 Å². The Hall–Kier alpha value is -1.00. The maximum atomic E-state index is 14.0. The molecule has 2 rings (SSSR count). The first-order chi connectivity index (χ1) is 9.02. The van der Waals surface area contributed by atoms with Crippen molar-refractivity contribution in [2.75, 3.05) is 0 Å². The third-order valence-electron chi connectivity index (χ3n) is 4.32. The van der Waals surface area contributed by atoms with Gasteiger partial charge in [-0.1, -0.05) is 19.8 Å². The van der Waals surface area contributed by atoms with Gasteiger partial charge in [0.05, 0.1) is 6.04 Å². The molecular weight excluding hydrogens is 246 g/mol. The minimum Gasteiger partial charge on any atom is -0.271 e. The molecule has 1 aromatic rings. The van der Waals surface area contributed by atoms with E-state index >= 15 is 0 Å². The Morgan fingerprint density at radius 1 is 1.16 bits per heavy atom. The van der Waals surface area contributed by atoms with Crippen molar-refractivity contribution in [1.29, 1.82) is 0 Å². The van der Waals surface area contributed by atoms with Crippen LogP contribution in [-0.4, -0.2) is 0 Å². The summed E-state index contributed by atoms with van der Waals surface area (Å²) in [4.78, 5) is 0. The molecule has 0 spiro atoms. The summed E-state index contributed by atoms with van der Waals surface area (Å²) in [5.74, 6) is 5.65. The Kier molecular flexibility index (Phi) is 4.53. The second-order valence-corrected chi connectivity index (χ2v) is 5.79. The molecule has 1 atom stereocenters. The minimum absolute atomic E-state index is 0.230. The van der Waals surface area contributed by atoms with Gasteiger partial charge >= 0.3 is 0 Å². The van der Waals surface area contributed by atoms with Crippen LogP contribution in [0.1, 0.15) is 49.8 Å². The predicted octanol–water partition coefficient (Wildman–Crippen LogP) is 3.60. The Labute approximate surface area is 113 Å². The van der Waals surface area contributed by atoms with Gasteiger partial charge in [-0.3, -0.25) is 11.3 Å². The normalized spacial score (nSPS) is 25.3. The van der Waals surface area contributed by atoms with Gasteiger partial charge in [0, 0.05) is 11.6 Å². The Balaban J connectivity index is 2.24. The molecule has 1 saturated carbocycles. The molecule has 4 heteroatoms. The number of hydrazine groups is 1. The summed E-state index contributed by atoms with van der Waals surface area (Å²) in [5, 5.41) is 0. The highest BCUT2D eigenvalue weighted by molar-refractivity contribution is 5.28. The zero-order valence-electron chi connectivity index (χ0n) is 11.5. The van der Waals surface area contributed by atoms with E-state index in [9.17, 15) is 8.78 Å². The van der Waals surface area contributed by atoms with Gasteiger partial charge in [0.25, 0.3) is 0 Å². The molecular formula is C15H22F2N2. The summed E-state index contributed by atoms with van der Waals surface area (Å²) in [5.41, 5.74) is 3.67. The van der Waals surface area contributed by atoms with E-state index in [0.29, 0.717) is 17.0 Å². The van der Waals surface area contributed by atoms with Gasteiger partial charge in [0.2, 0.25) is 0 Å². The van der Waals surface area contributed by atoms with Gasteiger partial charge in [0.1, 0.15) is 11.6 Å². The van der Waals surface area contributed by atoms with E-state index in [1.807, 2.05) is 0 Å². The van der Waals surface area contributed by atoms with Crippen LogP contribution in [0.25, 0.3) is 0 Å². The summed E-state index contributed by atoms with van der Waals surface area (Å²) in [6.45, 7) is 3.89. The van der Waals surface area contributed by atoms with Crippen molar-refractivity contribution in [2.45, 2.75) is 45.6 Å². The highest BCUT2D eigenvalue weighted by atomic mass is 19.1. The smallest absolute Gasteiger partial charge is 0.130 e. The summed E-state index contributed by atoms with van der Waals surface area (Å²) in [7, 11) is 0. The van der Waals surface area contributed by atoms with Crippen LogP contribution in [-0.2, 0) is 0 Å². The van der Waals surface area contributed by atoms with Crippen molar-refractivity contribution in [3.05, 3.63) is 34.9 Å². The maximum Gasteiger partial charge on any atom is 0.130 e. The quantitative estimate of drug-likeness (QED) is 0.649. The zero-order valence-corrected chi connectivity index (χ0v) is 11.5. The van der Waals surface area contributed by atoms with Crippen LogP contribution in [0.4, 0.5) is 8.78 Å². The summed E-state index contributed by atoms with van der Waals surface area (Å²) < 4.78 is 27.3. The minimum atomic E-state index is -0.510. The molecule has 0 saturated heterocycles. The molecule has 19 heavy (non-hydrogen) atoms. The van der Waals surface area contributed by atoms with E-state index in [2.05, 4.69) is 12.3 Å². The molecule has 0 aromatic heterocycles. The van der Waals surface area contributed by atoms with Crippen LogP contribution in [0.15, 0.2) is 12.1 Å². The van der Waals surface area contributed by atoms with Gasteiger partial charge < -0.3 is 0 Å². The van der Waals surface area contributed by atoms with Crippen LogP contribution in [0, 0.1) is 30.4 Å². The number of rotatable bonds is 3. The number of aryl methyl sites for hydroxylation is 1. The fourth-order valence-corrected chi connectivity index (χ4v) is 3.02. The molecule has 3 N–H and O–H groups in total. The largest absolute Gasteiger partial charge is 0.271 e. The molecule has 0 aliphatic heterocycles. The zero-order chi connectivity index (χ0) is 14.0. The molecule has 1 aliphatic carbocycles. The third-order valence-corrected chi connectivity index (χ3v) is 4.32. The number of halogens is 2. The van der Waals surface area contributed by atoms with Gasteiger partial charge in [0.15, 0.2) is 0 Å². The standard InChI is InChI=1S/C15H22F2N2/c1-9-3-5-11(6-4-9)15(19-18)12-7-10(2)13(16)8-14(12)17/h7-9,11,15,19H,3-6,18H2,1-2H3. The summed E-state index contributed by atoms with van der Waals surface area (Å²) in [6, 6.07) is 2.31. The van der Waals surface area contributed by atoms with Gasteiger partial charge in [-0.15, -0.1) is 0 Å². The lowest BCUT2D eigenvalue weighted by Crippen LogP contribution is -2.36. The van der Waals surface area contributed by atoms with Crippen LogP contribution in [0.3, 0.4) is 0 Å². The lowest BCUT2D eigenvalue weighted by molar-refractivity contribution is 0.229. The molecule has 0 bridgehead atoms. The number of hydrogen-bond acceptors (Lipinski definition) is 2. The van der Waals surface area contributed by atoms with E-state index in [-0.39, 0.29) is 6.04 Å². The second kappa shape index (κ2) is 5.97. The SMILES string of the molecule is Cc1cc(C(NN)C2CCC(C)CC2)c(F)cc1F. The maximum absolute atomic E-state index is 14.0. The fourth-order valence-electron chi connectivity index (χ4n) is 3.02. The first-order valence-corrected chi connectivity index (χ1v) is 6.94. The van der Waals surface area contributed by atoms with Crippen LogP contribution in [0.2, 0.25) is 0 Å². The summed E-state index contributed by atoms with van der Waals surface area (Å²) >= 11 is 0. The monoisotopic (exact) mass is 268 g/mol. The topological polar surface area (TPSA) is 38.0 Å². The van der Waals surface area contributed by atoms with Crippen LogP contribution in [0.5, 0.6) is 0 Å². The Morgan fingerprint density at radius 2 is 1.79 bits per heavy atom.